The van der Waals surface area contributed by atoms with E-state index in [-0.39, 0.29) is 23.9 Å². The van der Waals surface area contributed by atoms with Gasteiger partial charge in [0, 0.05) is 5.41 Å². The third kappa shape index (κ3) is 18.3. The van der Waals surface area contributed by atoms with Gasteiger partial charge in [0.15, 0.2) is 50.3 Å². The number of aliphatic hydroxyl groups is 26. The number of aliphatic hydroxyl groups excluding tert-OH is 26. The number of esters is 1. The number of rotatable bonds is 24. The molecule has 128 heavy (non-hydrogen) atoms. The van der Waals surface area contributed by atoms with Crippen LogP contribution in [0.3, 0.4) is 0 Å². The first-order valence-corrected chi connectivity index (χ1v) is 44.5. The van der Waals surface area contributed by atoms with E-state index in [1.165, 1.54) is 20.8 Å². The molecule has 738 valence electrons. The molecular weight excluding hydrogens is 1720 g/mol. The molecule has 14 aliphatic rings. The second kappa shape index (κ2) is 39.4. The highest BCUT2D eigenvalue weighted by Crippen LogP contribution is 2.76. The first-order chi connectivity index (χ1) is 60.2. The third-order valence-electron chi connectivity index (χ3n) is 31.6. The van der Waals surface area contributed by atoms with Gasteiger partial charge in [-0.2, -0.15) is 0 Å². The average molecular weight is 1850 g/mol. The minimum absolute atomic E-state index is 0.00665. The normalized spacial score (nSPS) is 55.3. The van der Waals surface area contributed by atoms with Crippen LogP contribution in [0.1, 0.15) is 127 Å². The Labute approximate surface area is 737 Å². The van der Waals surface area contributed by atoms with Crippen molar-refractivity contribution in [3.63, 3.8) is 0 Å². The fourth-order valence-corrected chi connectivity index (χ4v) is 23.3. The van der Waals surface area contributed by atoms with Gasteiger partial charge < -0.3 is 218 Å². The maximum absolute atomic E-state index is 15.6. The van der Waals surface area contributed by atoms with Gasteiger partial charge in [0.05, 0.1) is 76.1 Å². The molecule has 4 saturated carbocycles. The van der Waals surface area contributed by atoms with Crippen LogP contribution in [0.4, 0.5) is 0 Å². The zero-order valence-corrected chi connectivity index (χ0v) is 72.7. The fraction of sp³-hybridized carbons (Fsp3) is 0.964. The lowest BCUT2D eigenvalue weighted by atomic mass is 9.33. The van der Waals surface area contributed by atoms with Crippen molar-refractivity contribution in [3.05, 3.63) is 11.6 Å². The predicted molar refractivity (Wildman–Crippen MR) is 417 cm³/mol. The van der Waals surface area contributed by atoms with E-state index in [4.69, 9.17) is 85.3 Å². The predicted octanol–water partition coefficient (Wildman–Crippen LogP) is -10.2. The molecule has 0 aromatic rings. The molecule has 0 amide bonds. The van der Waals surface area contributed by atoms with Crippen molar-refractivity contribution < 1.29 is 223 Å². The molecule has 9 heterocycles. The van der Waals surface area contributed by atoms with Crippen LogP contribution in [0.2, 0.25) is 0 Å². The number of carbonyl (C=O) groups excluding carboxylic acids is 1. The summed E-state index contributed by atoms with van der Waals surface area (Å²) in [4.78, 5) is 15.6. The number of ether oxygens (including phenoxy) is 18. The zero-order chi connectivity index (χ0) is 93.3. The van der Waals surface area contributed by atoms with Crippen LogP contribution in [0, 0.1) is 50.2 Å². The summed E-state index contributed by atoms with van der Waals surface area (Å²) in [7, 11) is 0. The molecule has 0 radical (unpaired) electrons. The lowest BCUT2D eigenvalue weighted by molar-refractivity contribution is -0.381. The van der Waals surface area contributed by atoms with Crippen LogP contribution in [0.15, 0.2) is 11.6 Å². The van der Waals surface area contributed by atoms with Crippen molar-refractivity contribution in [2.45, 2.75) is 403 Å². The summed E-state index contributed by atoms with van der Waals surface area (Å²) in [5.74, 6) is -1.34. The van der Waals surface area contributed by atoms with Gasteiger partial charge >= 0.3 is 5.97 Å². The van der Waals surface area contributed by atoms with E-state index in [0.29, 0.717) is 64.2 Å². The number of hydrogen-bond donors (Lipinski definition) is 26. The molecule has 45 heteroatoms. The second-order valence-electron chi connectivity index (χ2n) is 39.7. The van der Waals surface area contributed by atoms with E-state index in [2.05, 4.69) is 40.7 Å². The van der Waals surface area contributed by atoms with Crippen molar-refractivity contribution in [2.24, 2.45) is 50.2 Å². The van der Waals surface area contributed by atoms with Crippen molar-refractivity contribution in [3.8, 4) is 0 Å². The molecule has 0 bridgehead atoms. The van der Waals surface area contributed by atoms with Gasteiger partial charge in [-0.05, 0) is 124 Å². The summed E-state index contributed by atoms with van der Waals surface area (Å²) in [6.07, 6.45) is -70.5. The van der Waals surface area contributed by atoms with Crippen molar-refractivity contribution >= 4 is 5.97 Å². The number of fused-ring (bicyclic) bond motifs is 7. The monoisotopic (exact) mass is 1850 g/mol. The number of hydrogen-bond acceptors (Lipinski definition) is 45. The van der Waals surface area contributed by atoms with Crippen molar-refractivity contribution in [1.82, 2.24) is 0 Å². The highest BCUT2D eigenvalue weighted by molar-refractivity contribution is 5.79. The van der Waals surface area contributed by atoms with Crippen LogP contribution >= 0.6 is 0 Å². The van der Waals surface area contributed by atoms with E-state index in [9.17, 15) is 133 Å². The Hall–Kier alpha value is -2.51. The van der Waals surface area contributed by atoms with E-state index in [1.807, 2.05) is 6.92 Å². The largest absolute Gasteiger partial charge is 0.432 e. The molecule has 9 aliphatic heterocycles. The maximum Gasteiger partial charge on any atom is 0.315 e. The van der Waals surface area contributed by atoms with E-state index in [0.717, 1.165) is 5.57 Å². The SMILES string of the molecule is C[C@@H]1O[C@@H](O[C@H]2[C@H](O[C@H]3CC[C@@]4(C)[C@@H](CC[C@]5(C)[C@@H]4CC=C4[C@@H]6CC(C)(C)CC[C@]6(C(=O)O[C@@H]6O[C@H](CO[C@@H]7O[C@H](CO)[C@@H](O[C@@H]8O[C@@H](C)[C@H](O[C@@H]9O[C@H](CO[C@@H]%10O[C@H](CO)[C@@H](O[C@@H]%11O[C@@H](C)[C@H](O)[C@@H](O)[C@H]%11O)[C@H](O)[C@H]%10O)[C@@H](O)[C@H](O)[C@H]9O)[C@@H](O)[C@H]8O)[C@H](O)[C@H]7O)[C@@H](O)[C@H](O)[C@H]6O)CC[C@]45C)[C@]3(C)CO)OC[C@H](O[C@@H]3O[C@H](CO)[C@@H](O)[C@H](O)[C@H]3O)[C@@H]2O)[C@H](O)[C@H](O)[C@H]1O. The van der Waals surface area contributed by atoms with Gasteiger partial charge in [0.2, 0.25) is 6.29 Å². The molecule has 53 atom stereocenters. The Morgan fingerprint density at radius 1 is 0.375 bits per heavy atom. The Morgan fingerprint density at radius 3 is 1.30 bits per heavy atom. The van der Waals surface area contributed by atoms with Crippen LogP contribution in [0.25, 0.3) is 0 Å². The highest BCUT2D eigenvalue weighted by atomic mass is 16.8. The lowest BCUT2D eigenvalue weighted by Gasteiger charge is -2.71. The highest BCUT2D eigenvalue weighted by Gasteiger charge is 2.72. The van der Waals surface area contributed by atoms with Gasteiger partial charge in [0.25, 0.3) is 0 Å². The zero-order valence-electron chi connectivity index (χ0n) is 72.7. The summed E-state index contributed by atoms with van der Waals surface area (Å²) in [6.45, 7) is 12.2. The Morgan fingerprint density at radius 2 is 0.789 bits per heavy atom. The summed E-state index contributed by atoms with van der Waals surface area (Å²) >= 11 is 0. The molecular formula is C83H136O45. The molecule has 0 unspecified atom stereocenters. The molecule has 0 aromatic heterocycles. The molecule has 5 aliphatic carbocycles. The van der Waals surface area contributed by atoms with Gasteiger partial charge in [0.1, 0.15) is 195 Å². The quantitative estimate of drug-likeness (QED) is 0.0242. The molecule has 0 aromatic carbocycles. The smallest absolute Gasteiger partial charge is 0.315 e. The minimum atomic E-state index is -2.12. The van der Waals surface area contributed by atoms with Crippen LogP contribution in [-0.2, 0) is 90.1 Å². The molecule has 9 saturated heterocycles. The van der Waals surface area contributed by atoms with E-state index >= 15 is 4.79 Å². The van der Waals surface area contributed by atoms with E-state index in [1.54, 1.807) is 0 Å². The van der Waals surface area contributed by atoms with Gasteiger partial charge in [-0.25, -0.2) is 0 Å². The topological polar surface area (TPSA) is 709 Å². The Kier molecular flexibility index (Phi) is 31.2. The van der Waals surface area contributed by atoms with E-state index < -0.39 is 355 Å². The number of allylic oxidation sites excluding steroid dienone is 2. The molecule has 13 fully saturated rings. The lowest BCUT2D eigenvalue weighted by Crippen LogP contribution is -2.67. The summed E-state index contributed by atoms with van der Waals surface area (Å²) < 4.78 is 107. The van der Waals surface area contributed by atoms with Gasteiger partial charge in [-0.3, -0.25) is 4.79 Å². The molecule has 0 spiro atoms. The Balaban J connectivity index is 0.594. The molecule has 45 nitrogen and oxygen atoms in total. The first-order valence-electron chi connectivity index (χ1n) is 44.5. The fourth-order valence-electron chi connectivity index (χ4n) is 23.3. The summed E-state index contributed by atoms with van der Waals surface area (Å²) in [6, 6.07) is 0. The maximum atomic E-state index is 15.6. The van der Waals surface area contributed by atoms with Crippen molar-refractivity contribution in [1.29, 1.82) is 0 Å². The Bertz CT molecular complexity index is 3690. The van der Waals surface area contributed by atoms with Gasteiger partial charge in [-0.15, -0.1) is 0 Å². The summed E-state index contributed by atoms with van der Waals surface area (Å²) in [5, 5.41) is 286. The molecule has 14 rings (SSSR count). The van der Waals surface area contributed by atoms with Crippen LogP contribution < -0.4 is 0 Å². The van der Waals surface area contributed by atoms with Crippen molar-refractivity contribution in [2.75, 3.05) is 46.2 Å². The third-order valence-corrected chi connectivity index (χ3v) is 31.6. The summed E-state index contributed by atoms with van der Waals surface area (Å²) in [5.41, 5.74) is -2.81. The average Bonchev–Trinajstić information content (AvgIpc) is 0.672. The minimum Gasteiger partial charge on any atom is -0.432 e. The molecule has 26 N–H and O–H groups in total. The standard InChI is InChI=1S/C83H136O45/c1-28-42(88)48(94)56(102)70(114-28)125-65-34(22-85)118-68(61(107)54(65)100)111-24-36-45(91)51(97)59(105)74(120-36)124-64-30(3)116-72(63(109)53(64)99)126-66-35(23-86)119-69(62(108)55(66)101)112-25-37-46(92)52(98)60(106)75(121-37)128-77(110)83-18-16-78(4,5)20-32(83)31-10-11-40-79(6)14-13-41(80(7,27-87)39(79)12-15-82(40,9)81(31,8)17-19-83)123-76-67(127-71-57(103)49(95)43(89)29(2)115-71)47(93)38(26-113-76)122-73-58(104)50(96)44(90)33(21-84)117-73/h10,28-30,32-76,84-109H,11-27H2,1-9H3/t28-,29-,30-,32-,33+,34+,35+,36+,37+,38-,39+,40+,41-,42-,43-,44+,45+,46+,47-,48+,49+,50-,51-,52-,53-,54+,55+,56+,57+,58+,59+,60+,61+,62+,63+,64-,65+,66+,67+,68+,69+,70-,71-,72-,73-,74-,75-,76-,79-,80-,81+,82+,83-/m0/s1. The van der Waals surface area contributed by atoms with Crippen LogP contribution in [0.5, 0.6) is 0 Å². The first kappa shape index (κ1) is 101. The van der Waals surface area contributed by atoms with Gasteiger partial charge in [-0.1, -0.05) is 53.2 Å². The second-order valence-corrected chi connectivity index (χ2v) is 39.7. The van der Waals surface area contributed by atoms with Crippen LogP contribution in [-0.4, -0.2) is 461 Å². The number of carbonyl (C=O) groups is 1.